The molecule has 3 aromatic heterocycles. The van der Waals surface area contributed by atoms with Crippen molar-refractivity contribution in [3.05, 3.63) is 133 Å². The molecule has 206 valence electrons. The van der Waals surface area contributed by atoms with Crippen molar-refractivity contribution in [1.82, 2.24) is 19.9 Å². The maximum absolute atomic E-state index is 5.33. The molecule has 0 saturated heterocycles. The van der Waals surface area contributed by atoms with Gasteiger partial charge in [0.15, 0.2) is 0 Å². The Hall–Kier alpha value is -5.00. The minimum absolute atomic E-state index is 0.119. The van der Waals surface area contributed by atoms with Crippen LogP contribution in [-0.4, -0.2) is 34.4 Å². The van der Waals surface area contributed by atoms with Crippen molar-refractivity contribution in [2.45, 2.75) is 0 Å². The number of hydrogen-bond acceptors (Lipinski definition) is 5. The Morgan fingerprint density at radius 2 is 1.05 bits per heavy atom. The van der Waals surface area contributed by atoms with Crippen molar-refractivity contribution >= 4 is 66.1 Å². The van der Waals surface area contributed by atoms with Crippen LogP contribution in [0, 0.1) is 0 Å². The molecule has 0 fully saturated rings. The van der Waals surface area contributed by atoms with Gasteiger partial charge in [-0.15, -0.1) is 0 Å². The SMILES string of the molecule is c1ccc(-c2nc(-c3ccccc3)nc(-c3cc4c5ccc6ccccc6c5[se]c4c4nc(-c5ccccc5)sc34)n2)cc1. The van der Waals surface area contributed by atoms with E-state index in [4.69, 9.17) is 19.9 Å². The molecule has 9 aromatic rings. The second-order valence-electron chi connectivity index (χ2n) is 10.7. The van der Waals surface area contributed by atoms with Crippen LogP contribution in [0.15, 0.2) is 133 Å². The van der Waals surface area contributed by atoms with Crippen LogP contribution >= 0.6 is 11.3 Å². The van der Waals surface area contributed by atoms with Gasteiger partial charge in [0.2, 0.25) is 0 Å². The molecule has 0 aliphatic carbocycles. The molecular weight excluding hydrogens is 623 g/mol. The zero-order valence-corrected chi connectivity index (χ0v) is 25.8. The Morgan fingerprint density at radius 3 is 1.73 bits per heavy atom. The van der Waals surface area contributed by atoms with Crippen molar-refractivity contribution in [1.29, 1.82) is 0 Å². The molecule has 6 heteroatoms. The van der Waals surface area contributed by atoms with E-state index in [1.165, 1.54) is 30.1 Å². The number of benzene rings is 6. The third-order valence-corrected chi connectivity index (χ3v) is 11.7. The molecule has 0 saturated carbocycles. The second-order valence-corrected chi connectivity index (χ2v) is 13.8. The van der Waals surface area contributed by atoms with Gasteiger partial charge in [-0.25, -0.2) is 0 Å². The summed E-state index contributed by atoms with van der Waals surface area (Å²) in [5, 5.41) is 6.13. The summed E-state index contributed by atoms with van der Waals surface area (Å²) in [6.45, 7) is 0. The number of hydrogen-bond donors (Lipinski definition) is 0. The van der Waals surface area contributed by atoms with E-state index in [1.807, 2.05) is 42.5 Å². The van der Waals surface area contributed by atoms with Crippen molar-refractivity contribution in [3.63, 3.8) is 0 Å². The van der Waals surface area contributed by atoms with Gasteiger partial charge < -0.3 is 0 Å². The third kappa shape index (κ3) is 4.19. The van der Waals surface area contributed by atoms with Gasteiger partial charge in [-0.3, -0.25) is 0 Å². The minimum atomic E-state index is 0.119. The number of nitrogens with zero attached hydrogens (tertiary/aromatic N) is 4. The van der Waals surface area contributed by atoms with Gasteiger partial charge in [-0.2, -0.15) is 0 Å². The van der Waals surface area contributed by atoms with Crippen LogP contribution in [0.25, 0.3) is 85.0 Å². The average Bonchev–Trinajstić information content (AvgIpc) is 3.72. The molecule has 0 bridgehead atoms. The van der Waals surface area contributed by atoms with Gasteiger partial charge in [0.25, 0.3) is 0 Å². The van der Waals surface area contributed by atoms with Crippen molar-refractivity contribution in [2.24, 2.45) is 0 Å². The van der Waals surface area contributed by atoms with Gasteiger partial charge in [0.1, 0.15) is 0 Å². The molecule has 3 heterocycles. The summed E-state index contributed by atoms with van der Waals surface area (Å²) in [6, 6.07) is 46.3. The van der Waals surface area contributed by atoms with Crippen LogP contribution in [0.3, 0.4) is 0 Å². The van der Waals surface area contributed by atoms with Gasteiger partial charge in [0.05, 0.1) is 0 Å². The summed E-state index contributed by atoms with van der Waals surface area (Å²) < 4.78 is 3.87. The van der Waals surface area contributed by atoms with E-state index in [9.17, 15) is 0 Å². The van der Waals surface area contributed by atoms with E-state index in [0.29, 0.717) is 17.5 Å². The number of rotatable bonds is 4. The van der Waals surface area contributed by atoms with Crippen LogP contribution < -0.4 is 0 Å². The first-order chi connectivity index (χ1) is 21.8. The molecule has 44 heavy (non-hydrogen) atoms. The van der Waals surface area contributed by atoms with Gasteiger partial charge in [-0.1, -0.05) is 0 Å². The zero-order chi connectivity index (χ0) is 29.0. The summed E-state index contributed by atoms with van der Waals surface area (Å²) in [5.74, 6) is 1.98. The fraction of sp³-hybridized carbons (Fsp3) is 0. The maximum atomic E-state index is 5.33. The summed E-state index contributed by atoms with van der Waals surface area (Å²) in [7, 11) is 0. The summed E-state index contributed by atoms with van der Waals surface area (Å²) in [4.78, 5) is 20.5. The predicted molar refractivity (Wildman–Crippen MR) is 184 cm³/mol. The molecule has 9 rings (SSSR count). The molecule has 0 radical (unpaired) electrons. The first-order valence-corrected chi connectivity index (χ1v) is 16.9. The number of thiazole rings is 1. The Kier molecular flexibility index (Phi) is 5.98. The van der Waals surface area contributed by atoms with E-state index < -0.39 is 0 Å². The topological polar surface area (TPSA) is 51.6 Å². The molecule has 0 atom stereocenters. The fourth-order valence-electron chi connectivity index (χ4n) is 5.83. The van der Waals surface area contributed by atoms with E-state index in [-0.39, 0.29) is 14.5 Å². The second kappa shape index (κ2) is 10.3. The third-order valence-electron chi connectivity index (χ3n) is 7.96. The molecule has 0 spiro atoms. The van der Waals surface area contributed by atoms with Crippen LogP contribution in [0.5, 0.6) is 0 Å². The molecule has 6 aromatic carbocycles. The van der Waals surface area contributed by atoms with Crippen LogP contribution in [0.2, 0.25) is 0 Å². The first-order valence-electron chi connectivity index (χ1n) is 14.4. The zero-order valence-electron chi connectivity index (χ0n) is 23.3. The number of aromatic nitrogens is 4. The Labute approximate surface area is 263 Å². The normalized spacial score (nSPS) is 11.6. The molecule has 0 N–H and O–H groups in total. The summed E-state index contributed by atoms with van der Waals surface area (Å²) in [6.07, 6.45) is 0. The molecule has 4 nitrogen and oxygen atoms in total. The van der Waals surface area contributed by atoms with Crippen LogP contribution in [0.1, 0.15) is 0 Å². The van der Waals surface area contributed by atoms with E-state index in [0.717, 1.165) is 37.5 Å². The van der Waals surface area contributed by atoms with Crippen molar-refractivity contribution in [2.75, 3.05) is 0 Å². The van der Waals surface area contributed by atoms with Crippen molar-refractivity contribution in [3.8, 4) is 44.7 Å². The Morgan fingerprint density at radius 1 is 0.455 bits per heavy atom. The standard InChI is InChI=1S/C38H22N4SSe/c1-4-13-24(14-5-1)35-40-36(25-15-6-2-7-16-25)42-37(41-35)30-22-29-28-21-20-23-12-10-11-19-27(23)33(28)44-34(29)31-32(30)43-38(39-31)26-17-8-3-9-18-26/h1-22H. The molecule has 0 aliphatic rings. The molecule has 0 unspecified atom stereocenters. The monoisotopic (exact) mass is 646 g/mol. The van der Waals surface area contributed by atoms with Crippen LogP contribution in [-0.2, 0) is 0 Å². The van der Waals surface area contributed by atoms with Crippen molar-refractivity contribution < 1.29 is 0 Å². The first kappa shape index (κ1) is 25.5. The average molecular weight is 646 g/mol. The van der Waals surface area contributed by atoms with Crippen LogP contribution in [0.4, 0.5) is 0 Å². The van der Waals surface area contributed by atoms with Gasteiger partial charge in [0, 0.05) is 0 Å². The van der Waals surface area contributed by atoms with E-state index >= 15 is 0 Å². The van der Waals surface area contributed by atoms with E-state index in [1.54, 1.807) is 11.3 Å². The van der Waals surface area contributed by atoms with Gasteiger partial charge >= 0.3 is 264 Å². The van der Waals surface area contributed by atoms with E-state index in [2.05, 4.69) is 91.0 Å². The molecule has 0 amide bonds. The summed E-state index contributed by atoms with van der Waals surface area (Å²) >= 11 is 1.84. The fourth-order valence-corrected chi connectivity index (χ4v) is 9.81. The quantitative estimate of drug-likeness (QED) is 0.179. The number of fused-ring (bicyclic) bond motifs is 7. The molecule has 0 aliphatic heterocycles. The van der Waals surface area contributed by atoms with Gasteiger partial charge in [-0.05, 0) is 0 Å². The Balaban J connectivity index is 1.39. The molecular formula is C38H22N4SSe. The summed E-state index contributed by atoms with van der Waals surface area (Å²) in [5.41, 5.74) is 5.09. The predicted octanol–water partition coefficient (Wildman–Crippen LogP) is 9.67. The Bertz CT molecular complexity index is 2430.